The van der Waals surface area contributed by atoms with Gasteiger partial charge in [0.2, 0.25) is 5.88 Å². The molecule has 7 nitrogen and oxygen atoms in total. The first-order valence-electron chi connectivity index (χ1n) is 12.9. The summed E-state index contributed by atoms with van der Waals surface area (Å²) in [6.45, 7) is 12.4. The van der Waals surface area contributed by atoms with E-state index in [4.69, 9.17) is 14.2 Å². The van der Waals surface area contributed by atoms with Gasteiger partial charge in [0, 0.05) is 12.1 Å². The van der Waals surface area contributed by atoms with E-state index >= 15 is 0 Å². The minimum absolute atomic E-state index is 0.0332. The van der Waals surface area contributed by atoms with Crippen molar-refractivity contribution in [1.29, 1.82) is 5.26 Å². The van der Waals surface area contributed by atoms with Crippen molar-refractivity contribution >= 4 is 5.78 Å². The molecule has 1 N–H and O–H groups in total. The van der Waals surface area contributed by atoms with Crippen LogP contribution in [-0.2, 0) is 14.3 Å². The standard InChI is InChI=1S/C29H34N2O5/c1-15-12-28-16(2)10-20-21(26(20,3)4)19(22(28)32)11-18-14-34-27(5,6)36-24(18)29(28,33)23(15)35-25-17(13-30)8-7-9-31-25/h7-9,11-12,16,19-21,23-24,33H,10,14H2,1-6H3/t16-,19+,20-,21+,23+,24-,28+,29-/m1/s1. The lowest BCUT2D eigenvalue weighted by Crippen LogP contribution is -2.68. The number of ketones is 1. The number of aromatic nitrogens is 1. The zero-order valence-electron chi connectivity index (χ0n) is 21.7. The molecule has 1 aromatic heterocycles. The minimum atomic E-state index is -1.74. The van der Waals surface area contributed by atoms with Gasteiger partial charge in [0.1, 0.15) is 17.7 Å². The molecule has 36 heavy (non-hydrogen) atoms. The second-order valence-corrected chi connectivity index (χ2v) is 12.5. The average molecular weight is 491 g/mol. The lowest BCUT2D eigenvalue weighted by atomic mass is 9.59. The number of allylic oxidation sites excluding steroid dienone is 1. The molecule has 0 aromatic carbocycles. The Kier molecular flexibility index (Phi) is 4.82. The minimum Gasteiger partial charge on any atom is -0.466 e. The molecule has 2 heterocycles. The van der Waals surface area contributed by atoms with E-state index in [-0.39, 0.29) is 47.0 Å². The molecule has 0 radical (unpaired) electrons. The van der Waals surface area contributed by atoms with Gasteiger partial charge in [0.05, 0.1) is 12.0 Å². The molecular weight excluding hydrogens is 456 g/mol. The summed E-state index contributed by atoms with van der Waals surface area (Å²) in [7, 11) is 0. The maximum atomic E-state index is 14.7. The fourth-order valence-electron chi connectivity index (χ4n) is 7.98. The second-order valence-electron chi connectivity index (χ2n) is 12.5. The van der Waals surface area contributed by atoms with E-state index < -0.39 is 29.0 Å². The lowest BCUT2D eigenvalue weighted by Gasteiger charge is -2.52. The summed E-state index contributed by atoms with van der Waals surface area (Å²) in [5.74, 6) is -0.641. The number of nitriles is 1. The molecule has 1 aromatic rings. The molecule has 3 fully saturated rings. The van der Waals surface area contributed by atoms with Crippen LogP contribution in [0.4, 0.5) is 0 Å². The summed E-state index contributed by atoms with van der Waals surface area (Å²) in [5.41, 5.74) is -1.08. The Morgan fingerprint density at radius 3 is 2.75 bits per heavy atom. The van der Waals surface area contributed by atoms with Gasteiger partial charge in [-0.3, -0.25) is 4.79 Å². The van der Waals surface area contributed by atoms with Crippen molar-refractivity contribution in [3.63, 3.8) is 0 Å². The first kappa shape index (κ1) is 23.8. The predicted octanol–water partition coefficient (Wildman–Crippen LogP) is 3.97. The first-order valence-corrected chi connectivity index (χ1v) is 12.9. The van der Waals surface area contributed by atoms with Crippen LogP contribution in [0.25, 0.3) is 0 Å². The Bertz CT molecular complexity index is 1260. The second kappa shape index (κ2) is 7.28. The van der Waals surface area contributed by atoms with Gasteiger partial charge in [0.15, 0.2) is 23.3 Å². The van der Waals surface area contributed by atoms with Gasteiger partial charge < -0.3 is 19.3 Å². The van der Waals surface area contributed by atoms with Crippen LogP contribution < -0.4 is 4.74 Å². The summed E-state index contributed by atoms with van der Waals surface area (Å²) >= 11 is 0. The zero-order chi connectivity index (χ0) is 25.8. The summed E-state index contributed by atoms with van der Waals surface area (Å²) in [6.07, 6.45) is 4.64. The van der Waals surface area contributed by atoms with Crippen LogP contribution >= 0.6 is 0 Å². The highest BCUT2D eigenvalue weighted by Crippen LogP contribution is 2.72. The zero-order valence-corrected chi connectivity index (χ0v) is 21.7. The fraction of sp³-hybridized carbons (Fsp3) is 0.621. The summed E-state index contributed by atoms with van der Waals surface area (Å²) in [6, 6.07) is 5.43. The van der Waals surface area contributed by atoms with Crippen molar-refractivity contribution in [3.8, 4) is 11.9 Å². The number of rotatable bonds is 2. The highest BCUT2D eigenvalue weighted by atomic mass is 16.7. The van der Waals surface area contributed by atoms with Crippen molar-refractivity contribution in [2.24, 2.45) is 34.5 Å². The molecule has 1 spiro atoms. The molecule has 4 aliphatic carbocycles. The third-order valence-electron chi connectivity index (χ3n) is 9.79. The number of fused-ring (bicyclic) bond motifs is 5. The van der Waals surface area contributed by atoms with Crippen LogP contribution in [0.3, 0.4) is 0 Å². The Hall–Kier alpha value is -2.53. The molecule has 2 bridgehead atoms. The smallest absolute Gasteiger partial charge is 0.232 e. The van der Waals surface area contributed by atoms with Crippen LogP contribution in [0.5, 0.6) is 5.88 Å². The van der Waals surface area contributed by atoms with Crippen LogP contribution in [0, 0.1) is 45.8 Å². The van der Waals surface area contributed by atoms with Crippen molar-refractivity contribution in [2.45, 2.75) is 71.6 Å². The van der Waals surface area contributed by atoms with Gasteiger partial charge in [-0.05, 0) is 73.6 Å². The molecule has 0 amide bonds. The number of aliphatic hydroxyl groups is 1. The third kappa shape index (κ3) is 2.84. The molecule has 6 rings (SSSR count). The van der Waals surface area contributed by atoms with Crippen molar-refractivity contribution in [1.82, 2.24) is 4.98 Å². The van der Waals surface area contributed by atoms with E-state index in [2.05, 4.69) is 31.8 Å². The number of hydrogen-bond acceptors (Lipinski definition) is 7. The van der Waals surface area contributed by atoms with Crippen LogP contribution in [0.1, 0.15) is 53.5 Å². The number of ether oxygens (including phenoxy) is 3. The number of pyridine rings is 1. The van der Waals surface area contributed by atoms with Gasteiger partial charge >= 0.3 is 0 Å². The van der Waals surface area contributed by atoms with Crippen LogP contribution in [0.15, 0.2) is 41.6 Å². The third-order valence-corrected chi connectivity index (χ3v) is 9.79. The van der Waals surface area contributed by atoms with Gasteiger partial charge in [-0.2, -0.15) is 5.26 Å². The summed E-state index contributed by atoms with van der Waals surface area (Å²) < 4.78 is 18.9. The summed E-state index contributed by atoms with van der Waals surface area (Å²) in [5, 5.41) is 22.7. The quantitative estimate of drug-likeness (QED) is 0.626. The van der Waals surface area contributed by atoms with E-state index in [1.807, 2.05) is 32.9 Å². The monoisotopic (exact) mass is 490 g/mol. The first-order chi connectivity index (χ1) is 16.9. The van der Waals surface area contributed by atoms with Crippen LogP contribution in [-0.4, -0.2) is 46.1 Å². The van der Waals surface area contributed by atoms with E-state index in [0.717, 1.165) is 17.6 Å². The number of carbonyl (C=O) groups excluding carboxylic acids is 1. The van der Waals surface area contributed by atoms with E-state index in [1.165, 1.54) is 0 Å². The van der Waals surface area contributed by atoms with E-state index in [1.54, 1.807) is 18.3 Å². The fourth-order valence-corrected chi connectivity index (χ4v) is 7.98. The molecule has 0 unspecified atom stereocenters. The molecule has 8 atom stereocenters. The van der Waals surface area contributed by atoms with Gasteiger partial charge in [-0.1, -0.05) is 32.9 Å². The Morgan fingerprint density at radius 1 is 1.28 bits per heavy atom. The highest BCUT2D eigenvalue weighted by Gasteiger charge is 2.77. The van der Waals surface area contributed by atoms with Gasteiger partial charge in [0.25, 0.3) is 0 Å². The van der Waals surface area contributed by atoms with E-state index in [9.17, 15) is 15.2 Å². The highest BCUT2D eigenvalue weighted by molar-refractivity contribution is 5.95. The Morgan fingerprint density at radius 2 is 2.03 bits per heavy atom. The lowest BCUT2D eigenvalue weighted by molar-refractivity contribution is -0.301. The molecule has 7 heteroatoms. The summed E-state index contributed by atoms with van der Waals surface area (Å²) in [4.78, 5) is 19.0. The predicted molar refractivity (Wildman–Crippen MR) is 131 cm³/mol. The number of carbonyl (C=O) groups is 1. The van der Waals surface area contributed by atoms with Crippen molar-refractivity contribution < 1.29 is 24.1 Å². The molecule has 190 valence electrons. The molecule has 1 saturated heterocycles. The Balaban J connectivity index is 1.57. The number of hydrogen-bond donors (Lipinski definition) is 1. The number of nitrogens with zero attached hydrogens (tertiary/aromatic N) is 2. The topological polar surface area (TPSA) is 102 Å². The average Bonchev–Trinajstić information content (AvgIpc) is 3.31. The van der Waals surface area contributed by atoms with Gasteiger partial charge in [-0.15, -0.1) is 0 Å². The van der Waals surface area contributed by atoms with Crippen molar-refractivity contribution in [2.75, 3.05) is 6.61 Å². The largest absolute Gasteiger partial charge is 0.466 e. The molecule has 2 saturated carbocycles. The normalized spacial score (nSPS) is 43.4. The van der Waals surface area contributed by atoms with Crippen LogP contribution in [0.2, 0.25) is 0 Å². The number of Topliss-reactive ketones (excluding diaryl/α,β-unsaturated/α-hetero) is 1. The SMILES string of the molecule is CC1=C[C@]23C(=O)[C@@H](C=C4COC(C)(C)O[C@H]4[C@]2(O)[C@H]1Oc1ncccc1C#N)[C@H]1[C@@H](C[C@H]3C)C1(C)C. The van der Waals surface area contributed by atoms with E-state index in [0.29, 0.717) is 5.92 Å². The van der Waals surface area contributed by atoms with Gasteiger partial charge in [-0.25, -0.2) is 4.98 Å². The molecular formula is C29H34N2O5. The molecule has 5 aliphatic rings. The molecule has 1 aliphatic heterocycles. The Labute approximate surface area is 212 Å². The maximum Gasteiger partial charge on any atom is 0.232 e. The maximum absolute atomic E-state index is 14.7. The van der Waals surface area contributed by atoms with Crippen molar-refractivity contribution in [3.05, 3.63) is 47.2 Å².